The van der Waals surface area contributed by atoms with Gasteiger partial charge in [-0.05, 0) is 60.0 Å². The number of nitrogens with zero attached hydrogens (tertiary/aromatic N) is 2. The molecule has 3 aromatic carbocycles. The summed E-state index contributed by atoms with van der Waals surface area (Å²) >= 11 is 0. The van der Waals surface area contributed by atoms with Gasteiger partial charge in [0.2, 0.25) is 0 Å². The highest BCUT2D eigenvalue weighted by Crippen LogP contribution is 2.31. The fourth-order valence-electron chi connectivity index (χ4n) is 4.72. The minimum atomic E-state index is -4.31. The first-order chi connectivity index (χ1) is 18.7. The third-order valence-electron chi connectivity index (χ3n) is 6.89. The van der Waals surface area contributed by atoms with Crippen LogP contribution in [0.2, 0.25) is 0 Å². The fraction of sp³-hybridized carbons (Fsp3) is 0.323. The van der Waals surface area contributed by atoms with E-state index in [2.05, 4.69) is 34.1 Å². The van der Waals surface area contributed by atoms with Crippen molar-refractivity contribution in [2.24, 2.45) is 0 Å². The molecule has 4 rings (SSSR count). The summed E-state index contributed by atoms with van der Waals surface area (Å²) in [6.45, 7) is 6.33. The van der Waals surface area contributed by atoms with E-state index in [-0.39, 0.29) is 12.3 Å². The van der Waals surface area contributed by atoms with Crippen LogP contribution in [-0.4, -0.2) is 42.2 Å². The van der Waals surface area contributed by atoms with Crippen LogP contribution < -0.4 is 9.64 Å². The van der Waals surface area contributed by atoms with E-state index in [1.807, 2.05) is 43.3 Å². The van der Waals surface area contributed by atoms with Crippen molar-refractivity contribution in [2.75, 3.05) is 31.1 Å². The Kier molecular flexibility index (Phi) is 9.30. The molecule has 0 amide bonds. The van der Waals surface area contributed by atoms with E-state index < -0.39 is 17.7 Å². The van der Waals surface area contributed by atoms with Gasteiger partial charge in [-0.15, -0.1) is 0 Å². The zero-order valence-corrected chi connectivity index (χ0v) is 21.9. The number of carboxylic acid groups (broad SMARTS) is 1. The number of benzene rings is 3. The average Bonchev–Trinajstić information content (AvgIpc) is 2.93. The quantitative estimate of drug-likeness (QED) is 0.290. The summed E-state index contributed by atoms with van der Waals surface area (Å²) in [5.41, 5.74) is 3.38. The lowest BCUT2D eigenvalue weighted by atomic mass is 9.95. The Morgan fingerprint density at radius 3 is 2.10 bits per heavy atom. The van der Waals surface area contributed by atoms with Crippen LogP contribution in [0.1, 0.15) is 41.5 Å². The maximum atomic E-state index is 12.8. The first kappa shape index (κ1) is 28.2. The van der Waals surface area contributed by atoms with Crippen molar-refractivity contribution < 1.29 is 27.8 Å². The van der Waals surface area contributed by atoms with Crippen molar-refractivity contribution in [3.8, 4) is 5.75 Å². The van der Waals surface area contributed by atoms with Crippen LogP contribution in [0.4, 0.5) is 18.9 Å². The fourth-order valence-corrected chi connectivity index (χ4v) is 4.72. The SMILES string of the molecule is CC=CC(CC(=O)O)c1ccc(OCc2ccc(CN3CCN(c4ccc(C(F)(F)F)cc4)CC3)cc2)cc1. The van der Waals surface area contributed by atoms with E-state index in [0.717, 1.165) is 67.4 Å². The number of hydrogen-bond acceptors (Lipinski definition) is 4. The molecule has 0 bridgehead atoms. The van der Waals surface area contributed by atoms with Gasteiger partial charge in [-0.2, -0.15) is 13.2 Å². The molecule has 1 unspecified atom stereocenters. The van der Waals surface area contributed by atoms with Crippen LogP contribution in [0.25, 0.3) is 0 Å². The largest absolute Gasteiger partial charge is 0.489 e. The van der Waals surface area contributed by atoms with Gasteiger partial charge in [0.15, 0.2) is 0 Å². The number of rotatable bonds is 10. The Bertz CT molecular complexity index is 1230. The second-order valence-corrected chi connectivity index (χ2v) is 9.71. The maximum Gasteiger partial charge on any atom is 0.416 e. The Labute approximate surface area is 227 Å². The lowest BCUT2D eigenvalue weighted by molar-refractivity contribution is -0.138. The topological polar surface area (TPSA) is 53.0 Å². The Hall–Kier alpha value is -3.78. The van der Waals surface area contributed by atoms with E-state index >= 15 is 0 Å². The standard InChI is InChI=1S/C31H33F3N2O3/c1-2-3-26(20-30(37)38)25-8-14-29(15-9-25)39-22-24-6-4-23(5-7-24)21-35-16-18-36(19-17-35)28-12-10-27(11-13-28)31(32,33)34/h2-15,26H,16-22H2,1H3,(H,37,38). The van der Waals surface area contributed by atoms with Gasteiger partial charge in [0, 0.05) is 44.3 Å². The van der Waals surface area contributed by atoms with Crippen molar-refractivity contribution in [3.05, 3.63) is 107 Å². The smallest absolute Gasteiger partial charge is 0.416 e. The number of anilines is 1. The number of allylic oxidation sites excluding steroid dienone is 2. The predicted octanol–water partition coefficient (Wildman–Crippen LogP) is 6.74. The van der Waals surface area contributed by atoms with E-state index in [1.54, 1.807) is 12.1 Å². The van der Waals surface area contributed by atoms with Gasteiger partial charge < -0.3 is 14.7 Å². The minimum absolute atomic E-state index is 0.0474. The number of aliphatic carboxylic acids is 1. The summed E-state index contributed by atoms with van der Waals surface area (Å²) in [6, 6.07) is 21.2. The molecular formula is C31H33F3N2O3. The molecule has 1 saturated heterocycles. The molecule has 0 aliphatic carbocycles. The van der Waals surface area contributed by atoms with Crippen LogP contribution in [0.5, 0.6) is 5.75 Å². The Morgan fingerprint density at radius 1 is 0.923 bits per heavy atom. The number of piperazine rings is 1. The first-order valence-electron chi connectivity index (χ1n) is 13.0. The van der Waals surface area contributed by atoms with Crippen molar-refractivity contribution in [1.29, 1.82) is 0 Å². The monoisotopic (exact) mass is 538 g/mol. The minimum Gasteiger partial charge on any atom is -0.489 e. The van der Waals surface area contributed by atoms with E-state index in [1.165, 1.54) is 5.56 Å². The average molecular weight is 539 g/mol. The lowest BCUT2D eigenvalue weighted by Crippen LogP contribution is -2.45. The van der Waals surface area contributed by atoms with Crippen LogP contribution in [0.3, 0.4) is 0 Å². The number of hydrogen-bond donors (Lipinski definition) is 1. The van der Waals surface area contributed by atoms with Crippen LogP contribution in [-0.2, 0) is 24.1 Å². The van der Waals surface area contributed by atoms with Crippen molar-refractivity contribution in [2.45, 2.75) is 38.6 Å². The van der Waals surface area contributed by atoms with Gasteiger partial charge in [-0.25, -0.2) is 0 Å². The summed E-state index contributed by atoms with van der Waals surface area (Å²) in [6.07, 6.45) is -0.507. The Morgan fingerprint density at radius 2 is 1.54 bits per heavy atom. The molecule has 39 heavy (non-hydrogen) atoms. The third kappa shape index (κ3) is 8.10. The summed E-state index contributed by atoms with van der Waals surface area (Å²) in [5.74, 6) is -0.271. The molecule has 0 saturated carbocycles. The molecule has 8 heteroatoms. The van der Waals surface area contributed by atoms with Crippen molar-refractivity contribution in [1.82, 2.24) is 4.90 Å². The number of carbonyl (C=O) groups is 1. The molecule has 0 radical (unpaired) electrons. The number of alkyl halides is 3. The zero-order chi connectivity index (χ0) is 27.8. The molecule has 1 aliphatic rings. The highest BCUT2D eigenvalue weighted by atomic mass is 19.4. The number of halogens is 3. The van der Waals surface area contributed by atoms with Crippen LogP contribution in [0.15, 0.2) is 84.9 Å². The summed E-state index contributed by atoms with van der Waals surface area (Å²) in [4.78, 5) is 15.6. The van der Waals surface area contributed by atoms with Crippen molar-refractivity contribution >= 4 is 11.7 Å². The van der Waals surface area contributed by atoms with Crippen LogP contribution >= 0.6 is 0 Å². The zero-order valence-electron chi connectivity index (χ0n) is 21.9. The number of carboxylic acids is 1. The molecule has 1 atom stereocenters. The molecule has 1 N–H and O–H groups in total. The van der Waals surface area contributed by atoms with Crippen LogP contribution in [0, 0.1) is 0 Å². The normalized spacial score (nSPS) is 15.4. The predicted molar refractivity (Wildman–Crippen MR) is 146 cm³/mol. The molecule has 206 valence electrons. The molecule has 1 aliphatic heterocycles. The summed E-state index contributed by atoms with van der Waals surface area (Å²) in [5, 5.41) is 9.14. The Balaban J connectivity index is 1.23. The van der Waals surface area contributed by atoms with E-state index in [0.29, 0.717) is 6.61 Å². The molecule has 3 aromatic rings. The van der Waals surface area contributed by atoms with E-state index in [9.17, 15) is 18.0 Å². The molecule has 5 nitrogen and oxygen atoms in total. The van der Waals surface area contributed by atoms with Gasteiger partial charge in [0.05, 0.1) is 12.0 Å². The van der Waals surface area contributed by atoms with Gasteiger partial charge >= 0.3 is 12.1 Å². The first-order valence-corrected chi connectivity index (χ1v) is 13.0. The maximum absolute atomic E-state index is 12.8. The van der Waals surface area contributed by atoms with Gasteiger partial charge in [-0.1, -0.05) is 48.6 Å². The second-order valence-electron chi connectivity index (χ2n) is 9.71. The van der Waals surface area contributed by atoms with Gasteiger partial charge in [-0.3, -0.25) is 9.69 Å². The number of ether oxygens (including phenoxy) is 1. The highest BCUT2D eigenvalue weighted by molar-refractivity contribution is 5.68. The van der Waals surface area contributed by atoms with E-state index in [4.69, 9.17) is 9.84 Å². The molecule has 1 fully saturated rings. The summed E-state index contributed by atoms with van der Waals surface area (Å²) in [7, 11) is 0. The van der Waals surface area contributed by atoms with Crippen molar-refractivity contribution in [3.63, 3.8) is 0 Å². The summed E-state index contributed by atoms with van der Waals surface area (Å²) < 4.78 is 44.4. The van der Waals surface area contributed by atoms with Gasteiger partial charge in [0.1, 0.15) is 12.4 Å². The molecule has 0 spiro atoms. The molecule has 0 aromatic heterocycles. The highest BCUT2D eigenvalue weighted by Gasteiger charge is 2.30. The molecular weight excluding hydrogens is 505 g/mol. The second kappa shape index (κ2) is 12.8. The lowest BCUT2D eigenvalue weighted by Gasteiger charge is -2.36. The molecule has 1 heterocycles. The third-order valence-corrected chi connectivity index (χ3v) is 6.89. The van der Waals surface area contributed by atoms with Gasteiger partial charge in [0.25, 0.3) is 0 Å².